The van der Waals surface area contributed by atoms with Crippen molar-refractivity contribution in [2.75, 3.05) is 14.2 Å². The SMILES string of the molecule is COC(=O)C1(NCc2ccc(-c3ccccc3)cc2)CCC(OC)CC1. The average Bonchev–Trinajstić information content (AvgIpc) is 2.73. The topological polar surface area (TPSA) is 47.6 Å². The molecule has 0 bridgehead atoms. The highest BCUT2D eigenvalue weighted by Gasteiger charge is 2.42. The van der Waals surface area contributed by atoms with Gasteiger partial charge in [0, 0.05) is 13.7 Å². The van der Waals surface area contributed by atoms with Crippen LogP contribution in [0.1, 0.15) is 31.2 Å². The lowest BCUT2D eigenvalue weighted by molar-refractivity contribution is -0.151. The molecule has 2 aromatic rings. The number of carbonyl (C=O) groups is 1. The summed E-state index contributed by atoms with van der Waals surface area (Å²) < 4.78 is 10.5. The minimum absolute atomic E-state index is 0.173. The van der Waals surface area contributed by atoms with E-state index in [0.717, 1.165) is 31.2 Å². The molecule has 1 N–H and O–H groups in total. The van der Waals surface area contributed by atoms with Crippen LogP contribution in [0.25, 0.3) is 11.1 Å². The van der Waals surface area contributed by atoms with Crippen LogP contribution in [0.15, 0.2) is 54.6 Å². The Morgan fingerprint density at radius 2 is 1.62 bits per heavy atom. The molecular weight excluding hydrogens is 326 g/mol. The maximum Gasteiger partial charge on any atom is 0.326 e. The normalized spacial score (nSPS) is 22.8. The van der Waals surface area contributed by atoms with Gasteiger partial charge in [-0.1, -0.05) is 54.6 Å². The Labute approximate surface area is 155 Å². The van der Waals surface area contributed by atoms with Crippen molar-refractivity contribution in [3.63, 3.8) is 0 Å². The lowest BCUT2D eigenvalue weighted by atomic mass is 9.80. The molecule has 0 amide bonds. The number of hydrogen-bond acceptors (Lipinski definition) is 4. The van der Waals surface area contributed by atoms with Gasteiger partial charge in [0.25, 0.3) is 0 Å². The number of carbonyl (C=O) groups excluding carboxylic acids is 1. The van der Waals surface area contributed by atoms with Crippen LogP contribution in [0.4, 0.5) is 0 Å². The minimum Gasteiger partial charge on any atom is -0.468 e. The molecule has 0 atom stereocenters. The van der Waals surface area contributed by atoms with Gasteiger partial charge in [0.15, 0.2) is 0 Å². The Hall–Kier alpha value is -2.17. The van der Waals surface area contributed by atoms with E-state index in [1.54, 1.807) is 7.11 Å². The van der Waals surface area contributed by atoms with Gasteiger partial charge in [-0.3, -0.25) is 10.1 Å². The lowest BCUT2D eigenvalue weighted by Crippen LogP contribution is -2.55. The molecule has 1 aliphatic rings. The van der Waals surface area contributed by atoms with Crippen LogP contribution in [-0.2, 0) is 20.8 Å². The van der Waals surface area contributed by atoms with E-state index in [0.29, 0.717) is 6.54 Å². The van der Waals surface area contributed by atoms with Gasteiger partial charge < -0.3 is 9.47 Å². The highest BCUT2D eigenvalue weighted by Crippen LogP contribution is 2.31. The van der Waals surface area contributed by atoms with E-state index in [9.17, 15) is 4.79 Å². The first-order valence-corrected chi connectivity index (χ1v) is 9.17. The summed E-state index contributed by atoms with van der Waals surface area (Å²) in [5.41, 5.74) is 2.94. The van der Waals surface area contributed by atoms with Crippen LogP contribution in [0.2, 0.25) is 0 Å². The van der Waals surface area contributed by atoms with Crippen molar-refractivity contribution >= 4 is 5.97 Å². The number of hydrogen-bond donors (Lipinski definition) is 1. The highest BCUT2D eigenvalue weighted by molar-refractivity contribution is 5.81. The molecule has 0 aromatic heterocycles. The van der Waals surface area contributed by atoms with Crippen molar-refractivity contribution in [2.45, 2.75) is 43.9 Å². The van der Waals surface area contributed by atoms with Crippen LogP contribution < -0.4 is 5.32 Å². The molecule has 0 aliphatic heterocycles. The number of methoxy groups -OCH3 is 2. The number of nitrogens with one attached hydrogen (secondary N) is 1. The van der Waals surface area contributed by atoms with Crippen LogP contribution >= 0.6 is 0 Å². The summed E-state index contributed by atoms with van der Waals surface area (Å²) in [6.45, 7) is 0.641. The van der Waals surface area contributed by atoms with Crippen LogP contribution in [0.5, 0.6) is 0 Å². The fourth-order valence-corrected chi connectivity index (χ4v) is 3.69. The van der Waals surface area contributed by atoms with E-state index < -0.39 is 5.54 Å². The van der Waals surface area contributed by atoms with Crippen LogP contribution in [0, 0.1) is 0 Å². The molecule has 0 unspecified atom stereocenters. The summed E-state index contributed by atoms with van der Waals surface area (Å²) >= 11 is 0. The van der Waals surface area contributed by atoms with E-state index in [1.165, 1.54) is 18.2 Å². The summed E-state index contributed by atoms with van der Waals surface area (Å²) in [5.74, 6) is -0.173. The van der Waals surface area contributed by atoms with Gasteiger partial charge in [-0.25, -0.2) is 0 Å². The highest BCUT2D eigenvalue weighted by atomic mass is 16.5. The second kappa shape index (κ2) is 8.47. The van der Waals surface area contributed by atoms with Crippen molar-refractivity contribution in [3.8, 4) is 11.1 Å². The van der Waals surface area contributed by atoms with Gasteiger partial charge >= 0.3 is 5.97 Å². The third-order valence-electron chi connectivity index (χ3n) is 5.39. The standard InChI is InChI=1S/C22H27NO3/c1-25-20-12-14-22(15-13-20,21(24)26-2)23-16-17-8-10-19(11-9-17)18-6-4-3-5-7-18/h3-11,20,23H,12-16H2,1-2H3. The minimum atomic E-state index is -0.609. The van der Waals surface area contributed by atoms with Crippen molar-refractivity contribution in [3.05, 3.63) is 60.2 Å². The largest absolute Gasteiger partial charge is 0.468 e. The molecule has 2 aromatic carbocycles. The molecule has 3 rings (SSSR count). The van der Waals surface area contributed by atoms with Gasteiger partial charge in [-0.05, 0) is 42.4 Å². The van der Waals surface area contributed by atoms with E-state index in [2.05, 4.69) is 41.7 Å². The summed E-state index contributed by atoms with van der Waals surface area (Å²) in [7, 11) is 3.19. The first kappa shape index (κ1) is 18.6. The molecule has 1 fully saturated rings. The smallest absolute Gasteiger partial charge is 0.326 e. The monoisotopic (exact) mass is 353 g/mol. The Bertz CT molecular complexity index is 704. The summed E-state index contributed by atoms with van der Waals surface area (Å²) in [5, 5.41) is 3.48. The van der Waals surface area contributed by atoms with E-state index >= 15 is 0 Å². The first-order chi connectivity index (χ1) is 12.7. The molecule has 138 valence electrons. The fourth-order valence-electron chi connectivity index (χ4n) is 3.69. The third kappa shape index (κ3) is 4.14. The molecule has 4 nitrogen and oxygen atoms in total. The quantitative estimate of drug-likeness (QED) is 0.799. The van der Waals surface area contributed by atoms with Gasteiger partial charge in [0.2, 0.25) is 0 Å². The zero-order chi connectivity index (χ0) is 18.4. The fraction of sp³-hybridized carbons (Fsp3) is 0.409. The second-order valence-electron chi connectivity index (χ2n) is 6.93. The zero-order valence-electron chi connectivity index (χ0n) is 15.5. The number of benzene rings is 2. The van der Waals surface area contributed by atoms with Crippen LogP contribution in [-0.4, -0.2) is 31.8 Å². The van der Waals surface area contributed by atoms with E-state index in [4.69, 9.17) is 9.47 Å². The van der Waals surface area contributed by atoms with Crippen molar-refractivity contribution < 1.29 is 14.3 Å². The molecule has 4 heteroatoms. The van der Waals surface area contributed by atoms with Gasteiger partial charge in [-0.2, -0.15) is 0 Å². The molecule has 1 saturated carbocycles. The average molecular weight is 353 g/mol. The Morgan fingerprint density at radius 1 is 1.00 bits per heavy atom. The molecule has 0 heterocycles. The number of ether oxygens (including phenoxy) is 2. The van der Waals surface area contributed by atoms with Gasteiger partial charge in [0.05, 0.1) is 13.2 Å². The van der Waals surface area contributed by atoms with Gasteiger partial charge in [0.1, 0.15) is 5.54 Å². The van der Waals surface area contributed by atoms with Crippen molar-refractivity contribution in [1.29, 1.82) is 0 Å². The van der Waals surface area contributed by atoms with Crippen molar-refractivity contribution in [1.82, 2.24) is 5.32 Å². The Morgan fingerprint density at radius 3 is 2.19 bits per heavy atom. The molecule has 0 radical (unpaired) electrons. The molecule has 0 spiro atoms. The maximum atomic E-state index is 12.4. The predicted molar refractivity (Wildman–Crippen MR) is 103 cm³/mol. The van der Waals surface area contributed by atoms with E-state index in [-0.39, 0.29) is 12.1 Å². The molecule has 26 heavy (non-hydrogen) atoms. The first-order valence-electron chi connectivity index (χ1n) is 9.17. The summed E-state index contributed by atoms with van der Waals surface area (Å²) in [6, 6.07) is 18.8. The third-order valence-corrected chi connectivity index (χ3v) is 5.39. The maximum absolute atomic E-state index is 12.4. The Kier molecular flexibility index (Phi) is 6.07. The molecule has 0 saturated heterocycles. The number of esters is 1. The van der Waals surface area contributed by atoms with Crippen molar-refractivity contribution in [2.24, 2.45) is 0 Å². The second-order valence-corrected chi connectivity index (χ2v) is 6.93. The summed E-state index contributed by atoms with van der Waals surface area (Å²) in [4.78, 5) is 12.4. The zero-order valence-corrected chi connectivity index (χ0v) is 15.5. The van der Waals surface area contributed by atoms with Gasteiger partial charge in [-0.15, -0.1) is 0 Å². The lowest BCUT2D eigenvalue weighted by Gasteiger charge is -2.38. The predicted octanol–water partition coefficient (Wildman–Crippen LogP) is 3.94. The molecular formula is C22H27NO3. The van der Waals surface area contributed by atoms with Crippen LogP contribution in [0.3, 0.4) is 0 Å². The number of rotatable bonds is 6. The molecule has 1 aliphatic carbocycles. The van der Waals surface area contributed by atoms with E-state index in [1.807, 2.05) is 18.2 Å². The Balaban J connectivity index is 1.67. The summed E-state index contributed by atoms with van der Waals surface area (Å²) in [6.07, 6.45) is 3.44.